The van der Waals surface area contributed by atoms with Gasteiger partial charge in [0.05, 0.1) is 6.42 Å². The van der Waals surface area contributed by atoms with Crippen LogP contribution in [-0.4, -0.2) is 44.0 Å². The third-order valence-electron chi connectivity index (χ3n) is 5.68. The van der Waals surface area contributed by atoms with Gasteiger partial charge in [0.2, 0.25) is 5.91 Å². The van der Waals surface area contributed by atoms with Crippen LogP contribution < -0.4 is 15.0 Å². The van der Waals surface area contributed by atoms with Crippen LogP contribution in [0.5, 0.6) is 11.5 Å². The Morgan fingerprint density at radius 3 is 2.29 bits per heavy atom. The summed E-state index contributed by atoms with van der Waals surface area (Å²) >= 11 is 0. The van der Waals surface area contributed by atoms with Crippen molar-refractivity contribution >= 4 is 17.3 Å². The van der Waals surface area contributed by atoms with Gasteiger partial charge in [0.25, 0.3) is 0 Å². The normalized spacial score (nSPS) is 15.8. The number of carbonyl (C=O) groups excluding carboxylic acids is 1. The molecule has 160 valence electrons. The maximum Gasteiger partial charge on any atom is 0.228 e. The molecule has 1 fully saturated rings. The van der Waals surface area contributed by atoms with Gasteiger partial charge in [0.1, 0.15) is 11.5 Å². The Morgan fingerprint density at radius 1 is 0.968 bits per heavy atom. The van der Waals surface area contributed by atoms with Crippen LogP contribution in [0.25, 0.3) is 0 Å². The fraction of sp³-hybridized carbons (Fsp3) is 0.269. The van der Waals surface area contributed by atoms with Gasteiger partial charge >= 0.3 is 0 Å². The van der Waals surface area contributed by atoms with Crippen molar-refractivity contribution in [3.63, 3.8) is 0 Å². The van der Waals surface area contributed by atoms with Crippen LogP contribution in [0.2, 0.25) is 0 Å². The maximum absolute atomic E-state index is 12.5. The van der Waals surface area contributed by atoms with Crippen molar-refractivity contribution in [2.24, 2.45) is 0 Å². The molecule has 4 rings (SSSR count). The third-order valence-corrected chi connectivity index (χ3v) is 5.68. The summed E-state index contributed by atoms with van der Waals surface area (Å²) in [6.45, 7) is 2.11. The van der Waals surface area contributed by atoms with Crippen LogP contribution in [0.1, 0.15) is 12.0 Å². The van der Waals surface area contributed by atoms with E-state index in [2.05, 4.69) is 41.3 Å². The Balaban J connectivity index is 1.28. The molecular formula is C26H29N3O2. The van der Waals surface area contributed by atoms with E-state index in [-0.39, 0.29) is 5.91 Å². The molecule has 0 spiro atoms. The lowest BCUT2D eigenvalue weighted by Gasteiger charge is -2.22. The number of nitrogens with one attached hydrogen (secondary N) is 1. The fourth-order valence-electron chi connectivity index (χ4n) is 3.84. The molecule has 1 atom stereocenters. The lowest BCUT2D eigenvalue weighted by Crippen LogP contribution is -2.31. The number of amides is 1. The Labute approximate surface area is 184 Å². The van der Waals surface area contributed by atoms with Crippen molar-refractivity contribution < 1.29 is 9.53 Å². The predicted octanol–water partition coefficient (Wildman–Crippen LogP) is 4.80. The SMILES string of the molecule is CN(C)C1CCN(c2ccc(NC(=O)Cc3ccc(Oc4ccccc4)cc3)cc2)C1. The molecule has 1 aliphatic rings. The second kappa shape index (κ2) is 9.67. The standard InChI is InChI=1S/C26H29N3O2/c1-28(2)23-16-17-29(19-23)22-12-10-21(11-13-22)27-26(30)18-20-8-14-25(15-9-20)31-24-6-4-3-5-7-24/h3-15,23H,16-19H2,1-2H3,(H,27,30). The van der Waals surface area contributed by atoms with Crippen molar-refractivity contribution in [3.05, 3.63) is 84.4 Å². The summed E-state index contributed by atoms with van der Waals surface area (Å²) in [5.41, 5.74) is 2.97. The topological polar surface area (TPSA) is 44.8 Å². The van der Waals surface area contributed by atoms with Crippen molar-refractivity contribution in [1.29, 1.82) is 0 Å². The maximum atomic E-state index is 12.5. The van der Waals surface area contributed by atoms with Crippen molar-refractivity contribution in [1.82, 2.24) is 4.90 Å². The Bertz CT molecular complexity index is 985. The number of ether oxygens (including phenoxy) is 1. The first-order chi connectivity index (χ1) is 15.1. The van der Waals surface area contributed by atoms with E-state index in [1.54, 1.807) is 0 Å². The molecule has 5 nitrogen and oxygen atoms in total. The van der Waals surface area contributed by atoms with Gasteiger partial charge in [-0.25, -0.2) is 0 Å². The van der Waals surface area contributed by atoms with Gasteiger partial charge in [0, 0.05) is 30.5 Å². The minimum atomic E-state index is -0.0293. The van der Waals surface area contributed by atoms with Gasteiger partial charge in [-0.15, -0.1) is 0 Å². The zero-order chi connectivity index (χ0) is 21.6. The molecule has 3 aromatic carbocycles. The van der Waals surface area contributed by atoms with Gasteiger partial charge in [-0.3, -0.25) is 4.79 Å². The number of benzene rings is 3. The Kier molecular flexibility index (Phi) is 6.53. The molecule has 1 N–H and O–H groups in total. The number of anilines is 2. The minimum absolute atomic E-state index is 0.0293. The first kappa shape index (κ1) is 20.9. The molecule has 5 heteroatoms. The summed E-state index contributed by atoms with van der Waals surface area (Å²) in [5.74, 6) is 1.52. The van der Waals surface area contributed by atoms with Crippen molar-refractivity contribution in [2.45, 2.75) is 18.9 Å². The number of rotatable bonds is 7. The number of carbonyl (C=O) groups is 1. The average Bonchev–Trinajstić information content (AvgIpc) is 3.27. The van der Waals surface area contributed by atoms with E-state index in [0.29, 0.717) is 12.5 Å². The second-order valence-electron chi connectivity index (χ2n) is 8.18. The predicted molar refractivity (Wildman–Crippen MR) is 126 cm³/mol. The molecule has 1 aliphatic heterocycles. The van der Waals surface area contributed by atoms with Gasteiger partial charge in [0.15, 0.2) is 0 Å². The number of likely N-dealkylation sites (N-methyl/N-ethyl adjacent to an activating group) is 1. The Hall–Kier alpha value is -3.31. The molecule has 1 heterocycles. The highest BCUT2D eigenvalue weighted by Crippen LogP contribution is 2.24. The molecular weight excluding hydrogens is 386 g/mol. The van der Waals surface area contributed by atoms with E-state index in [9.17, 15) is 4.79 Å². The Morgan fingerprint density at radius 2 is 1.65 bits per heavy atom. The van der Waals surface area contributed by atoms with Crippen LogP contribution in [-0.2, 0) is 11.2 Å². The van der Waals surface area contributed by atoms with Crippen molar-refractivity contribution in [3.8, 4) is 11.5 Å². The molecule has 1 amide bonds. The molecule has 0 saturated carbocycles. The van der Waals surface area contributed by atoms with Crippen molar-refractivity contribution in [2.75, 3.05) is 37.4 Å². The molecule has 3 aromatic rings. The first-order valence-corrected chi connectivity index (χ1v) is 10.7. The molecule has 0 radical (unpaired) electrons. The summed E-state index contributed by atoms with van der Waals surface area (Å²) in [5, 5.41) is 2.99. The number of hydrogen-bond donors (Lipinski definition) is 1. The summed E-state index contributed by atoms with van der Waals surface area (Å²) in [7, 11) is 4.27. The summed E-state index contributed by atoms with van der Waals surface area (Å²) in [6.07, 6.45) is 1.50. The van der Waals surface area contributed by atoms with E-state index < -0.39 is 0 Å². The van der Waals surface area contributed by atoms with Crippen LogP contribution >= 0.6 is 0 Å². The van der Waals surface area contributed by atoms with E-state index in [4.69, 9.17) is 4.74 Å². The quantitative estimate of drug-likeness (QED) is 0.602. The lowest BCUT2D eigenvalue weighted by molar-refractivity contribution is -0.115. The molecule has 31 heavy (non-hydrogen) atoms. The van der Waals surface area contributed by atoms with E-state index in [1.807, 2.05) is 66.7 Å². The fourth-order valence-corrected chi connectivity index (χ4v) is 3.84. The molecule has 1 saturated heterocycles. The second-order valence-corrected chi connectivity index (χ2v) is 8.18. The highest BCUT2D eigenvalue weighted by molar-refractivity contribution is 5.92. The zero-order valence-electron chi connectivity index (χ0n) is 18.1. The van der Waals surface area contributed by atoms with Gasteiger partial charge in [-0.05, 0) is 74.6 Å². The molecule has 1 unspecified atom stereocenters. The summed E-state index contributed by atoms with van der Waals surface area (Å²) < 4.78 is 5.80. The largest absolute Gasteiger partial charge is 0.457 e. The van der Waals surface area contributed by atoms with Crippen LogP contribution in [0.15, 0.2) is 78.9 Å². The third kappa shape index (κ3) is 5.64. The van der Waals surface area contributed by atoms with Gasteiger partial charge < -0.3 is 19.9 Å². The monoisotopic (exact) mass is 415 g/mol. The molecule has 0 bridgehead atoms. The number of para-hydroxylation sites is 1. The average molecular weight is 416 g/mol. The van der Waals surface area contributed by atoms with E-state index >= 15 is 0 Å². The number of hydrogen-bond acceptors (Lipinski definition) is 4. The lowest BCUT2D eigenvalue weighted by atomic mass is 10.1. The summed E-state index contributed by atoms with van der Waals surface area (Å²) in [4.78, 5) is 17.1. The van der Waals surface area contributed by atoms with Gasteiger partial charge in [-0.2, -0.15) is 0 Å². The number of nitrogens with zero attached hydrogens (tertiary/aromatic N) is 2. The molecule has 0 aromatic heterocycles. The van der Waals surface area contributed by atoms with Crippen LogP contribution in [0, 0.1) is 0 Å². The van der Waals surface area contributed by atoms with E-state index in [1.165, 1.54) is 12.1 Å². The zero-order valence-corrected chi connectivity index (χ0v) is 18.1. The minimum Gasteiger partial charge on any atom is -0.457 e. The van der Waals surface area contributed by atoms with Gasteiger partial charge in [-0.1, -0.05) is 30.3 Å². The van der Waals surface area contributed by atoms with E-state index in [0.717, 1.165) is 35.8 Å². The highest BCUT2D eigenvalue weighted by atomic mass is 16.5. The van der Waals surface area contributed by atoms with Crippen LogP contribution in [0.3, 0.4) is 0 Å². The van der Waals surface area contributed by atoms with Crippen LogP contribution in [0.4, 0.5) is 11.4 Å². The summed E-state index contributed by atoms with van der Waals surface area (Å²) in [6, 6.07) is 26.0. The smallest absolute Gasteiger partial charge is 0.228 e. The first-order valence-electron chi connectivity index (χ1n) is 10.7. The highest BCUT2D eigenvalue weighted by Gasteiger charge is 2.23. The molecule has 0 aliphatic carbocycles.